The SMILES string of the molecule is CCCCCCCCCCCCCCCC(C(C(C)=O)(C(C)=O)C(=O)O)S(=O)(=O)O. The summed E-state index contributed by atoms with van der Waals surface area (Å²) in [6.45, 7) is 3.95. The van der Waals surface area contributed by atoms with Crippen molar-refractivity contribution < 1.29 is 32.5 Å². The van der Waals surface area contributed by atoms with Crippen LogP contribution in [0.3, 0.4) is 0 Å². The smallest absolute Gasteiger partial charge is 0.326 e. The van der Waals surface area contributed by atoms with Crippen LogP contribution in [0, 0.1) is 5.41 Å². The zero-order chi connectivity index (χ0) is 23.2. The van der Waals surface area contributed by atoms with Crippen molar-refractivity contribution >= 4 is 27.7 Å². The lowest BCUT2D eigenvalue weighted by Crippen LogP contribution is -2.55. The second kappa shape index (κ2) is 14.7. The van der Waals surface area contributed by atoms with Gasteiger partial charge in [0.2, 0.25) is 5.41 Å². The van der Waals surface area contributed by atoms with Gasteiger partial charge in [-0.2, -0.15) is 8.42 Å². The Labute approximate surface area is 181 Å². The Kier molecular flexibility index (Phi) is 14.1. The van der Waals surface area contributed by atoms with E-state index in [0.717, 1.165) is 39.5 Å². The first-order valence-corrected chi connectivity index (χ1v) is 12.7. The summed E-state index contributed by atoms with van der Waals surface area (Å²) in [6, 6.07) is 0. The first-order chi connectivity index (χ1) is 14.0. The minimum absolute atomic E-state index is 0.248. The van der Waals surface area contributed by atoms with Gasteiger partial charge in [0, 0.05) is 0 Å². The molecule has 0 aromatic heterocycles. The fraction of sp³-hybridized carbons (Fsp3) is 0.864. The van der Waals surface area contributed by atoms with Crippen molar-refractivity contribution in [3.8, 4) is 0 Å². The molecule has 0 radical (unpaired) electrons. The Bertz CT molecular complexity index is 604. The zero-order valence-electron chi connectivity index (χ0n) is 18.8. The maximum atomic E-state index is 12.0. The van der Waals surface area contributed by atoms with Crippen LogP contribution in [0.5, 0.6) is 0 Å². The molecule has 0 aliphatic heterocycles. The van der Waals surface area contributed by atoms with Crippen LogP contribution in [0.15, 0.2) is 0 Å². The van der Waals surface area contributed by atoms with E-state index in [1.165, 1.54) is 44.9 Å². The molecule has 0 aromatic carbocycles. The fourth-order valence-corrected chi connectivity index (χ4v) is 5.42. The van der Waals surface area contributed by atoms with Gasteiger partial charge in [0.25, 0.3) is 10.1 Å². The molecule has 1 unspecified atom stereocenters. The van der Waals surface area contributed by atoms with E-state index in [1.807, 2.05) is 0 Å². The van der Waals surface area contributed by atoms with Crippen molar-refractivity contribution in [3.05, 3.63) is 0 Å². The third-order valence-corrected chi connectivity index (χ3v) is 7.17. The van der Waals surface area contributed by atoms with Gasteiger partial charge in [-0.05, 0) is 20.3 Å². The number of Topliss-reactive ketones (excluding diaryl/α,β-unsaturated/α-hetero) is 2. The largest absolute Gasteiger partial charge is 0.480 e. The molecule has 0 saturated carbocycles. The summed E-state index contributed by atoms with van der Waals surface area (Å²) in [5.41, 5.74) is -2.76. The van der Waals surface area contributed by atoms with Crippen molar-refractivity contribution in [1.82, 2.24) is 0 Å². The molecule has 0 amide bonds. The Morgan fingerprint density at radius 2 is 1.07 bits per heavy atom. The third-order valence-electron chi connectivity index (χ3n) is 5.86. The molecule has 1 atom stereocenters. The number of carboxylic acids is 1. The minimum Gasteiger partial charge on any atom is -0.480 e. The molecule has 0 fully saturated rings. The standard InChI is InChI=1S/C22H40O7S/c1-4-5-6-7-8-9-10-11-12-13-14-15-16-17-20(30(27,28)29)22(18(2)23,19(3)24)21(25)26/h20H,4-17H2,1-3H3,(H,25,26)(H,27,28,29). The van der Waals surface area contributed by atoms with E-state index in [4.69, 9.17) is 0 Å². The summed E-state index contributed by atoms with van der Waals surface area (Å²) >= 11 is 0. The predicted molar refractivity (Wildman–Crippen MR) is 117 cm³/mol. The highest BCUT2D eigenvalue weighted by Gasteiger charge is 2.59. The molecule has 0 aliphatic rings. The van der Waals surface area contributed by atoms with Crippen LogP contribution in [0.25, 0.3) is 0 Å². The lowest BCUT2D eigenvalue weighted by atomic mass is 9.75. The molecule has 0 rings (SSSR count). The van der Waals surface area contributed by atoms with Crippen molar-refractivity contribution in [2.75, 3.05) is 0 Å². The van der Waals surface area contributed by atoms with Crippen LogP contribution < -0.4 is 0 Å². The highest BCUT2D eigenvalue weighted by Crippen LogP contribution is 2.34. The van der Waals surface area contributed by atoms with Gasteiger partial charge in [-0.15, -0.1) is 0 Å². The third kappa shape index (κ3) is 9.25. The number of hydrogen-bond acceptors (Lipinski definition) is 5. The van der Waals surface area contributed by atoms with Gasteiger partial charge in [-0.1, -0.05) is 90.4 Å². The molecule has 2 N–H and O–H groups in total. The number of ketones is 2. The molecule has 0 aliphatic carbocycles. The molecule has 0 spiro atoms. The van der Waals surface area contributed by atoms with Gasteiger partial charge in [-0.25, -0.2) is 0 Å². The summed E-state index contributed by atoms with van der Waals surface area (Å²) in [6.07, 6.45) is 13.8. The van der Waals surface area contributed by atoms with E-state index in [0.29, 0.717) is 12.8 Å². The lowest BCUT2D eigenvalue weighted by Gasteiger charge is -2.30. The maximum Gasteiger partial charge on any atom is 0.326 e. The van der Waals surface area contributed by atoms with E-state index < -0.39 is 38.3 Å². The normalized spacial score (nSPS) is 13.2. The number of carbonyl (C=O) groups excluding carboxylic acids is 2. The average Bonchev–Trinajstić information content (AvgIpc) is 2.62. The van der Waals surface area contributed by atoms with E-state index in [-0.39, 0.29) is 6.42 Å². The van der Waals surface area contributed by atoms with Crippen molar-refractivity contribution in [2.45, 2.75) is 116 Å². The summed E-state index contributed by atoms with van der Waals surface area (Å²) in [5.74, 6) is -4.00. The Morgan fingerprint density at radius 3 is 1.33 bits per heavy atom. The molecule has 8 heteroatoms. The molecule has 30 heavy (non-hydrogen) atoms. The maximum absolute atomic E-state index is 12.0. The first kappa shape index (κ1) is 28.7. The van der Waals surface area contributed by atoms with Gasteiger partial charge in [0.05, 0.1) is 0 Å². The average molecular weight is 449 g/mol. The fourth-order valence-electron chi connectivity index (χ4n) is 4.08. The van der Waals surface area contributed by atoms with E-state index >= 15 is 0 Å². The molecule has 0 bridgehead atoms. The minimum atomic E-state index is -4.90. The summed E-state index contributed by atoms with van der Waals surface area (Å²) in [4.78, 5) is 35.7. The highest BCUT2D eigenvalue weighted by atomic mass is 32.2. The van der Waals surface area contributed by atoms with Gasteiger partial charge < -0.3 is 5.11 Å². The number of rotatable bonds is 19. The number of carboxylic acid groups (broad SMARTS) is 1. The second-order valence-electron chi connectivity index (χ2n) is 8.26. The van der Waals surface area contributed by atoms with Crippen LogP contribution in [-0.2, 0) is 24.5 Å². The zero-order valence-corrected chi connectivity index (χ0v) is 19.6. The van der Waals surface area contributed by atoms with E-state index in [9.17, 15) is 32.5 Å². The molecule has 176 valence electrons. The second-order valence-corrected chi connectivity index (χ2v) is 9.86. The summed E-state index contributed by atoms with van der Waals surface area (Å²) < 4.78 is 33.2. The molecule has 0 aromatic rings. The quantitative estimate of drug-likeness (QED) is 0.162. The molecule has 7 nitrogen and oxygen atoms in total. The molecule has 0 heterocycles. The van der Waals surface area contributed by atoms with Gasteiger partial charge >= 0.3 is 5.97 Å². The Hall–Kier alpha value is -1.28. The Balaban J connectivity index is 4.42. The van der Waals surface area contributed by atoms with E-state index in [1.54, 1.807) is 0 Å². The first-order valence-electron chi connectivity index (χ1n) is 11.2. The van der Waals surface area contributed by atoms with Crippen LogP contribution in [0.2, 0.25) is 0 Å². The van der Waals surface area contributed by atoms with Crippen LogP contribution >= 0.6 is 0 Å². The number of hydrogen-bond donors (Lipinski definition) is 2. The lowest BCUT2D eigenvalue weighted by molar-refractivity contribution is -0.159. The molecule has 0 saturated heterocycles. The number of unbranched alkanes of at least 4 members (excludes halogenated alkanes) is 12. The van der Waals surface area contributed by atoms with Gasteiger partial charge in [0.1, 0.15) is 5.25 Å². The molecular weight excluding hydrogens is 408 g/mol. The Morgan fingerprint density at radius 1 is 0.733 bits per heavy atom. The summed E-state index contributed by atoms with van der Waals surface area (Å²) in [5, 5.41) is 7.52. The highest BCUT2D eigenvalue weighted by molar-refractivity contribution is 7.86. The predicted octanol–water partition coefficient (Wildman–Crippen LogP) is 4.97. The van der Waals surface area contributed by atoms with Gasteiger partial charge in [-0.3, -0.25) is 18.9 Å². The van der Waals surface area contributed by atoms with Crippen LogP contribution in [0.1, 0.15) is 111 Å². The van der Waals surface area contributed by atoms with Crippen molar-refractivity contribution in [2.24, 2.45) is 5.41 Å². The summed E-state index contributed by atoms with van der Waals surface area (Å²) in [7, 11) is -4.90. The van der Waals surface area contributed by atoms with E-state index in [2.05, 4.69) is 6.92 Å². The van der Waals surface area contributed by atoms with Crippen molar-refractivity contribution in [1.29, 1.82) is 0 Å². The number of aliphatic carboxylic acids is 1. The van der Waals surface area contributed by atoms with Crippen LogP contribution in [-0.4, -0.2) is 40.9 Å². The number of carbonyl (C=O) groups is 3. The topological polar surface area (TPSA) is 126 Å². The van der Waals surface area contributed by atoms with Crippen molar-refractivity contribution in [3.63, 3.8) is 0 Å². The van der Waals surface area contributed by atoms with Crippen LogP contribution in [0.4, 0.5) is 0 Å². The molecular formula is C22H40O7S. The van der Waals surface area contributed by atoms with Gasteiger partial charge in [0.15, 0.2) is 11.6 Å². The monoisotopic (exact) mass is 448 g/mol.